The summed E-state index contributed by atoms with van der Waals surface area (Å²) in [4.78, 5) is 0. The highest BCUT2D eigenvalue weighted by molar-refractivity contribution is 7.85. The van der Waals surface area contributed by atoms with Gasteiger partial charge < -0.3 is 5.32 Å². The molecule has 1 aromatic rings. The van der Waals surface area contributed by atoms with Gasteiger partial charge in [0.05, 0.1) is 0 Å². The van der Waals surface area contributed by atoms with Crippen LogP contribution in [0.3, 0.4) is 0 Å². The largest absolute Gasteiger partial charge is 0.307 e. The van der Waals surface area contributed by atoms with Gasteiger partial charge in [-0.15, -0.1) is 0 Å². The van der Waals surface area contributed by atoms with Crippen LogP contribution in [0.2, 0.25) is 0 Å². The number of hydrogen-bond donors (Lipinski definition) is 1. The smallest absolute Gasteiger partial charge is 0.123 e. The molecular weight excluding hydrogens is 225 g/mol. The Bertz CT molecular complexity index is 379. The Hall–Kier alpha value is -0.740. The lowest BCUT2D eigenvalue weighted by Crippen LogP contribution is -2.30. The standard InChI is InChI=1S/C12H16FNOS/c1-9-6-7-16(15)8-12(14-9)10-2-4-11(13)5-3-10/h2-5,9,12,14H,6-8H2,1H3. The van der Waals surface area contributed by atoms with Crippen molar-refractivity contribution in [2.45, 2.75) is 25.4 Å². The molecule has 3 atom stereocenters. The van der Waals surface area contributed by atoms with Gasteiger partial charge in [0.15, 0.2) is 0 Å². The van der Waals surface area contributed by atoms with Crippen molar-refractivity contribution in [2.24, 2.45) is 0 Å². The van der Waals surface area contributed by atoms with E-state index in [-0.39, 0.29) is 11.9 Å². The topological polar surface area (TPSA) is 29.1 Å². The second kappa shape index (κ2) is 5.06. The van der Waals surface area contributed by atoms with Crippen molar-refractivity contribution in [1.29, 1.82) is 0 Å². The Kier molecular flexibility index (Phi) is 3.71. The summed E-state index contributed by atoms with van der Waals surface area (Å²) in [6.07, 6.45) is 0.935. The van der Waals surface area contributed by atoms with Gasteiger partial charge in [-0.1, -0.05) is 12.1 Å². The predicted octanol–water partition coefficient (Wildman–Crippen LogP) is 2.00. The third-order valence-corrected chi connectivity index (χ3v) is 4.29. The maximum absolute atomic E-state index is 12.8. The number of hydrogen-bond acceptors (Lipinski definition) is 2. The Balaban J connectivity index is 2.18. The molecule has 1 fully saturated rings. The van der Waals surface area contributed by atoms with Gasteiger partial charge in [-0.25, -0.2) is 4.39 Å². The van der Waals surface area contributed by atoms with Crippen LogP contribution in [0.1, 0.15) is 24.9 Å². The van der Waals surface area contributed by atoms with Crippen molar-refractivity contribution in [1.82, 2.24) is 5.32 Å². The van der Waals surface area contributed by atoms with Crippen molar-refractivity contribution in [3.05, 3.63) is 35.6 Å². The maximum Gasteiger partial charge on any atom is 0.123 e. The molecule has 1 aliphatic heterocycles. The first-order valence-electron chi connectivity index (χ1n) is 5.51. The lowest BCUT2D eigenvalue weighted by molar-refractivity contribution is 0.484. The summed E-state index contributed by atoms with van der Waals surface area (Å²) < 4.78 is 24.5. The van der Waals surface area contributed by atoms with Crippen LogP contribution in [0.25, 0.3) is 0 Å². The van der Waals surface area contributed by atoms with Gasteiger partial charge in [-0.3, -0.25) is 4.21 Å². The molecule has 88 valence electrons. The van der Waals surface area contributed by atoms with E-state index in [1.54, 1.807) is 12.1 Å². The van der Waals surface area contributed by atoms with Gasteiger partial charge in [-0.05, 0) is 31.0 Å². The SMILES string of the molecule is CC1CCS(=O)CC(c2ccc(F)cc2)N1. The molecule has 0 bridgehead atoms. The van der Waals surface area contributed by atoms with E-state index in [2.05, 4.69) is 12.2 Å². The molecule has 1 saturated heterocycles. The lowest BCUT2D eigenvalue weighted by Gasteiger charge is -2.19. The van der Waals surface area contributed by atoms with Crippen molar-refractivity contribution in [3.8, 4) is 0 Å². The highest BCUT2D eigenvalue weighted by Crippen LogP contribution is 2.19. The van der Waals surface area contributed by atoms with Gasteiger partial charge in [0.2, 0.25) is 0 Å². The molecule has 0 radical (unpaired) electrons. The summed E-state index contributed by atoms with van der Waals surface area (Å²) in [6.45, 7) is 2.10. The summed E-state index contributed by atoms with van der Waals surface area (Å²) in [7, 11) is -0.770. The first kappa shape index (κ1) is 11.7. The average Bonchev–Trinajstić information content (AvgIpc) is 2.42. The van der Waals surface area contributed by atoms with Gasteiger partial charge >= 0.3 is 0 Å². The first-order chi connectivity index (χ1) is 7.65. The molecule has 0 spiro atoms. The van der Waals surface area contributed by atoms with Crippen molar-refractivity contribution in [2.75, 3.05) is 11.5 Å². The minimum Gasteiger partial charge on any atom is -0.307 e. The van der Waals surface area contributed by atoms with Crippen molar-refractivity contribution in [3.63, 3.8) is 0 Å². The van der Waals surface area contributed by atoms with Gasteiger partial charge in [-0.2, -0.15) is 0 Å². The van der Waals surface area contributed by atoms with Crippen LogP contribution < -0.4 is 5.32 Å². The summed E-state index contributed by atoms with van der Waals surface area (Å²) in [6, 6.07) is 6.88. The molecule has 16 heavy (non-hydrogen) atoms. The molecule has 0 saturated carbocycles. The minimum absolute atomic E-state index is 0.0823. The van der Waals surface area contributed by atoms with Crippen LogP contribution in [0.15, 0.2) is 24.3 Å². The summed E-state index contributed by atoms with van der Waals surface area (Å²) in [5, 5.41) is 3.43. The zero-order chi connectivity index (χ0) is 11.5. The number of halogens is 1. The van der Waals surface area contributed by atoms with Gasteiger partial charge in [0, 0.05) is 34.4 Å². The fourth-order valence-corrected chi connectivity index (χ4v) is 3.38. The molecular formula is C12H16FNOS. The zero-order valence-corrected chi connectivity index (χ0v) is 10.1. The minimum atomic E-state index is -0.770. The highest BCUT2D eigenvalue weighted by atomic mass is 32.2. The molecule has 0 aromatic heterocycles. The third kappa shape index (κ3) is 2.89. The van der Waals surface area contributed by atoms with Crippen LogP contribution in [0, 0.1) is 5.82 Å². The molecule has 2 rings (SSSR count). The molecule has 3 unspecified atom stereocenters. The number of benzene rings is 1. The molecule has 2 nitrogen and oxygen atoms in total. The van der Waals surface area contributed by atoms with E-state index < -0.39 is 10.8 Å². The normalized spacial score (nSPS) is 31.0. The van der Waals surface area contributed by atoms with Crippen LogP contribution in [0.5, 0.6) is 0 Å². The quantitative estimate of drug-likeness (QED) is 0.814. The lowest BCUT2D eigenvalue weighted by atomic mass is 10.1. The molecule has 0 aliphatic carbocycles. The molecule has 4 heteroatoms. The second-order valence-corrected chi connectivity index (χ2v) is 5.89. The Morgan fingerprint density at radius 3 is 2.75 bits per heavy atom. The summed E-state index contributed by atoms with van der Waals surface area (Å²) in [5.74, 6) is 1.15. The summed E-state index contributed by atoms with van der Waals surface area (Å²) >= 11 is 0. The van der Waals surface area contributed by atoms with E-state index in [0.717, 1.165) is 17.7 Å². The highest BCUT2D eigenvalue weighted by Gasteiger charge is 2.21. The average molecular weight is 241 g/mol. The third-order valence-electron chi connectivity index (χ3n) is 2.89. The van der Waals surface area contributed by atoms with E-state index in [4.69, 9.17) is 0 Å². The molecule has 1 N–H and O–H groups in total. The molecule has 1 aromatic carbocycles. The Morgan fingerprint density at radius 2 is 2.06 bits per heavy atom. The van der Waals surface area contributed by atoms with Crippen LogP contribution in [-0.4, -0.2) is 21.8 Å². The van der Waals surface area contributed by atoms with E-state index in [1.807, 2.05) is 0 Å². The monoisotopic (exact) mass is 241 g/mol. The molecule has 1 aliphatic rings. The van der Waals surface area contributed by atoms with E-state index in [9.17, 15) is 8.60 Å². The Morgan fingerprint density at radius 1 is 1.38 bits per heavy atom. The summed E-state index contributed by atoms with van der Waals surface area (Å²) in [5.41, 5.74) is 1.02. The Labute approximate surface area is 97.7 Å². The molecule has 1 heterocycles. The van der Waals surface area contributed by atoms with Crippen molar-refractivity contribution < 1.29 is 8.60 Å². The van der Waals surface area contributed by atoms with E-state index >= 15 is 0 Å². The van der Waals surface area contributed by atoms with Gasteiger partial charge in [0.1, 0.15) is 5.82 Å². The van der Waals surface area contributed by atoms with Crippen LogP contribution >= 0.6 is 0 Å². The number of rotatable bonds is 1. The van der Waals surface area contributed by atoms with Crippen LogP contribution in [-0.2, 0) is 10.8 Å². The van der Waals surface area contributed by atoms with Gasteiger partial charge in [0.25, 0.3) is 0 Å². The zero-order valence-electron chi connectivity index (χ0n) is 9.28. The van der Waals surface area contributed by atoms with Crippen molar-refractivity contribution >= 4 is 10.8 Å². The van der Waals surface area contributed by atoms with E-state index in [0.29, 0.717) is 11.8 Å². The van der Waals surface area contributed by atoms with Crippen LogP contribution in [0.4, 0.5) is 4.39 Å². The fourth-order valence-electron chi connectivity index (χ4n) is 1.94. The second-order valence-electron chi connectivity index (χ2n) is 4.27. The number of nitrogens with one attached hydrogen (secondary N) is 1. The first-order valence-corrected chi connectivity index (χ1v) is 7.00. The predicted molar refractivity (Wildman–Crippen MR) is 64.2 cm³/mol. The van der Waals surface area contributed by atoms with E-state index in [1.165, 1.54) is 12.1 Å². The molecule has 0 amide bonds. The maximum atomic E-state index is 12.8. The fraction of sp³-hybridized carbons (Fsp3) is 0.500.